The molecule has 2 rings (SSSR count). The Labute approximate surface area is 91.8 Å². The summed E-state index contributed by atoms with van der Waals surface area (Å²) in [5, 5.41) is 38.1. The van der Waals surface area contributed by atoms with Crippen LogP contribution in [0.25, 0.3) is 0 Å². The first-order chi connectivity index (χ1) is 7.60. The van der Waals surface area contributed by atoms with Crippen LogP contribution in [0.5, 0.6) is 0 Å². The summed E-state index contributed by atoms with van der Waals surface area (Å²) < 4.78 is 1.46. The van der Waals surface area contributed by atoms with E-state index in [1.807, 2.05) is 0 Å². The van der Waals surface area contributed by atoms with Crippen LogP contribution in [-0.2, 0) is 6.54 Å². The average molecular weight is 229 g/mol. The molecule has 0 spiro atoms. The number of imidazole rings is 1. The highest BCUT2D eigenvalue weighted by Gasteiger charge is 2.41. The molecule has 0 saturated carbocycles. The van der Waals surface area contributed by atoms with Gasteiger partial charge in [-0.3, -0.25) is 0 Å². The molecule has 90 valence electrons. The molecule has 7 heteroatoms. The molecule has 0 radical (unpaired) electrons. The second-order valence-corrected chi connectivity index (χ2v) is 3.88. The number of fused-ring (bicyclic) bond motifs is 1. The maximum absolute atomic E-state index is 9.71. The van der Waals surface area contributed by atoms with Crippen LogP contribution in [0.2, 0.25) is 0 Å². The first kappa shape index (κ1) is 11.5. The van der Waals surface area contributed by atoms with E-state index in [0.717, 1.165) is 0 Å². The molecular formula is C9H15N3O4. The van der Waals surface area contributed by atoms with E-state index in [-0.39, 0.29) is 19.0 Å². The van der Waals surface area contributed by atoms with E-state index in [1.54, 1.807) is 6.20 Å². The Hall–Kier alpha value is -0.990. The molecule has 0 saturated heterocycles. The van der Waals surface area contributed by atoms with Gasteiger partial charge >= 0.3 is 0 Å². The van der Waals surface area contributed by atoms with E-state index in [0.29, 0.717) is 5.69 Å². The predicted octanol–water partition coefficient (Wildman–Crippen LogP) is -2.36. The van der Waals surface area contributed by atoms with Crippen molar-refractivity contribution in [2.45, 2.75) is 30.9 Å². The van der Waals surface area contributed by atoms with Crippen LogP contribution in [0.3, 0.4) is 0 Å². The Bertz CT molecular complexity index is 381. The topological polar surface area (TPSA) is 125 Å². The van der Waals surface area contributed by atoms with Gasteiger partial charge in [-0.15, -0.1) is 0 Å². The van der Waals surface area contributed by atoms with Crippen molar-refractivity contribution in [3.05, 3.63) is 17.7 Å². The number of aliphatic hydroxyl groups excluding tert-OH is 4. The van der Waals surface area contributed by atoms with E-state index < -0.39 is 24.4 Å². The predicted molar refractivity (Wildman–Crippen MR) is 53.2 cm³/mol. The highest BCUT2D eigenvalue weighted by molar-refractivity contribution is 5.14. The molecule has 1 aromatic heterocycles. The summed E-state index contributed by atoms with van der Waals surface area (Å²) in [6, 6.07) is -0.707. The van der Waals surface area contributed by atoms with Crippen molar-refractivity contribution in [1.29, 1.82) is 0 Å². The van der Waals surface area contributed by atoms with Gasteiger partial charge in [0.25, 0.3) is 0 Å². The summed E-state index contributed by atoms with van der Waals surface area (Å²) in [5.41, 5.74) is 5.95. The van der Waals surface area contributed by atoms with Crippen LogP contribution in [-0.4, -0.2) is 48.8 Å². The van der Waals surface area contributed by atoms with Gasteiger partial charge in [0.15, 0.2) is 0 Å². The summed E-state index contributed by atoms with van der Waals surface area (Å²) in [6.07, 6.45) is -2.28. The standard InChI is InChI=1S/C9H15N3O4/c10-1-4-2-12-5(3-13)6(14)7(15)8(16)9(12)11-4/h2,5-8,13-16H,1,3,10H2/t5-,6-,7+,8-/m1/s1. The van der Waals surface area contributed by atoms with Gasteiger partial charge < -0.3 is 30.7 Å². The Morgan fingerprint density at radius 3 is 2.56 bits per heavy atom. The van der Waals surface area contributed by atoms with Crippen molar-refractivity contribution in [2.75, 3.05) is 6.61 Å². The summed E-state index contributed by atoms with van der Waals surface area (Å²) in [4.78, 5) is 4.04. The van der Waals surface area contributed by atoms with Crippen LogP contribution < -0.4 is 5.73 Å². The van der Waals surface area contributed by atoms with Gasteiger partial charge in [0, 0.05) is 12.7 Å². The van der Waals surface area contributed by atoms with Crippen LogP contribution in [0.1, 0.15) is 23.7 Å². The Balaban J connectivity index is 2.47. The molecule has 4 atom stereocenters. The number of nitrogens with zero attached hydrogens (tertiary/aromatic N) is 2. The van der Waals surface area contributed by atoms with Crippen LogP contribution >= 0.6 is 0 Å². The molecule has 16 heavy (non-hydrogen) atoms. The molecule has 1 aliphatic rings. The zero-order chi connectivity index (χ0) is 11.9. The summed E-state index contributed by atoms with van der Waals surface area (Å²) in [5.74, 6) is 0.220. The lowest BCUT2D eigenvalue weighted by molar-refractivity contribution is -0.108. The molecule has 1 aliphatic heterocycles. The van der Waals surface area contributed by atoms with Crippen molar-refractivity contribution in [3.63, 3.8) is 0 Å². The molecule has 0 aliphatic carbocycles. The largest absolute Gasteiger partial charge is 0.394 e. The third kappa shape index (κ3) is 1.53. The zero-order valence-electron chi connectivity index (χ0n) is 8.56. The number of hydrogen-bond donors (Lipinski definition) is 5. The number of aromatic nitrogens is 2. The van der Waals surface area contributed by atoms with Gasteiger partial charge in [0.05, 0.1) is 18.3 Å². The molecule has 7 nitrogen and oxygen atoms in total. The van der Waals surface area contributed by atoms with Crippen molar-refractivity contribution >= 4 is 0 Å². The minimum absolute atomic E-state index is 0.192. The summed E-state index contributed by atoms with van der Waals surface area (Å²) in [6.45, 7) is -0.157. The van der Waals surface area contributed by atoms with Gasteiger partial charge in [-0.2, -0.15) is 0 Å². The first-order valence-corrected chi connectivity index (χ1v) is 5.03. The molecule has 6 N–H and O–H groups in total. The quantitative estimate of drug-likeness (QED) is 0.386. The Morgan fingerprint density at radius 1 is 1.31 bits per heavy atom. The average Bonchev–Trinajstić information content (AvgIpc) is 2.71. The lowest BCUT2D eigenvalue weighted by atomic mass is 9.96. The van der Waals surface area contributed by atoms with Gasteiger partial charge in [-0.25, -0.2) is 4.98 Å². The number of nitrogens with two attached hydrogens (primary N) is 1. The van der Waals surface area contributed by atoms with Crippen LogP contribution in [0.4, 0.5) is 0 Å². The zero-order valence-corrected chi connectivity index (χ0v) is 8.56. The van der Waals surface area contributed by atoms with E-state index in [2.05, 4.69) is 4.98 Å². The minimum Gasteiger partial charge on any atom is -0.394 e. The van der Waals surface area contributed by atoms with Gasteiger partial charge in [-0.05, 0) is 0 Å². The van der Waals surface area contributed by atoms with E-state index in [1.165, 1.54) is 4.57 Å². The van der Waals surface area contributed by atoms with Crippen molar-refractivity contribution < 1.29 is 20.4 Å². The fraction of sp³-hybridized carbons (Fsp3) is 0.667. The number of rotatable bonds is 2. The normalized spacial score (nSPS) is 33.8. The van der Waals surface area contributed by atoms with Gasteiger partial charge in [0.1, 0.15) is 24.1 Å². The lowest BCUT2D eigenvalue weighted by Crippen LogP contribution is -2.46. The fourth-order valence-corrected chi connectivity index (χ4v) is 1.97. The molecular weight excluding hydrogens is 214 g/mol. The highest BCUT2D eigenvalue weighted by atomic mass is 16.4. The molecule has 0 aromatic carbocycles. The summed E-state index contributed by atoms with van der Waals surface area (Å²) >= 11 is 0. The molecule has 0 amide bonds. The second-order valence-electron chi connectivity index (χ2n) is 3.88. The lowest BCUT2D eigenvalue weighted by Gasteiger charge is -2.35. The van der Waals surface area contributed by atoms with Crippen molar-refractivity contribution in [2.24, 2.45) is 5.73 Å². The van der Waals surface area contributed by atoms with Gasteiger partial charge in [0.2, 0.25) is 0 Å². The second kappa shape index (κ2) is 4.11. The molecule has 0 fully saturated rings. The molecule has 2 heterocycles. The van der Waals surface area contributed by atoms with Crippen LogP contribution in [0, 0.1) is 0 Å². The summed E-state index contributed by atoms with van der Waals surface area (Å²) in [7, 11) is 0. The minimum atomic E-state index is -1.35. The molecule has 1 aromatic rings. The van der Waals surface area contributed by atoms with E-state index in [4.69, 9.17) is 10.8 Å². The number of hydrogen-bond acceptors (Lipinski definition) is 6. The maximum Gasteiger partial charge on any atom is 0.141 e. The first-order valence-electron chi connectivity index (χ1n) is 5.03. The van der Waals surface area contributed by atoms with Crippen molar-refractivity contribution in [3.8, 4) is 0 Å². The molecule has 0 bridgehead atoms. The fourth-order valence-electron chi connectivity index (χ4n) is 1.97. The monoisotopic (exact) mass is 229 g/mol. The van der Waals surface area contributed by atoms with Crippen LogP contribution in [0.15, 0.2) is 6.20 Å². The Morgan fingerprint density at radius 2 is 2.00 bits per heavy atom. The van der Waals surface area contributed by atoms with Gasteiger partial charge in [-0.1, -0.05) is 0 Å². The third-order valence-corrected chi connectivity index (χ3v) is 2.90. The maximum atomic E-state index is 9.71. The smallest absolute Gasteiger partial charge is 0.141 e. The SMILES string of the molecule is NCc1cn2c(n1)[C@H](O)[C@@H](O)[C@H](O)[C@H]2CO. The van der Waals surface area contributed by atoms with E-state index >= 15 is 0 Å². The number of aliphatic hydroxyl groups is 4. The van der Waals surface area contributed by atoms with E-state index in [9.17, 15) is 15.3 Å². The van der Waals surface area contributed by atoms with Crippen molar-refractivity contribution in [1.82, 2.24) is 9.55 Å². The molecule has 0 unspecified atom stereocenters. The highest BCUT2D eigenvalue weighted by Crippen LogP contribution is 2.32. The Kier molecular flexibility index (Phi) is 2.96. The third-order valence-electron chi connectivity index (χ3n) is 2.90.